The van der Waals surface area contributed by atoms with Gasteiger partial charge in [0.2, 0.25) is 0 Å². The maximum absolute atomic E-state index is 10.8. The van der Waals surface area contributed by atoms with Gasteiger partial charge in [-0.05, 0) is 23.4 Å². The smallest absolute Gasteiger partial charge is 0.335 e. The highest BCUT2D eigenvalue weighted by Gasteiger charge is 2.10. The van der Waals surface area contributed by atoms with E-state index in [2.05, 4.69) is 13.8 Å². The second kappa shape index (κ2) is 4.84. The molecule has 0 amide bonds. The molecule has 1 aromatic carbocycles. The van der Waals surface area contributed by atoms with E-state index in [0.717, 1.165) is 16.7 Å². The molecule has 2 rings (SSSR count). The Kier molecular flexibility index (Phi) is 3.43. The van der Waals surface area contributed by atoms with Gasteiger partial charge in [-0.1, -0.05) is 13.8 Å². The Hall–Kier alpha value is -1.42. The number of aromatic carboxylic acids is 1. The molecule has 4 heteroatoms. The molecule has 3 nitrogen and oxygen atoms in total. The lowest BCUT2D eigenvalue weighted by molar-refractivity contribution is 0.0697. The molecule has 0 bridgehead atoms. The number of furan rings is 1. The van der Waals surface area contributed by atoms with Crippen LogP contribution in [0.5, 0.6) is 0 Å². The summed E-state index contributed by atoms with van der Waals surface area (Å²) in [6, 6.07) is 5.00. The van der Waals surface area contributed by atoms with Gasteiger partial charge in [-0.15, -0.1) is 0 Å². The highest BCUT2D eigenvalue weighted by atomic mass is 32.2. The Morgan fingerprint density at radius 3 is 2.88 bits per heavy atom. The van der Waals surface area contributed by atoms with Crippen molar-refractivity contribution in [2.45, 2.75) is 24.9 Å². The molecule has 0 atom stereocenters. The van der Waals surface area contributed by atoms with Crippen molar-refractivity contribution in [1.82, 2.24) is 0 Å². The Morgan fingerprint density at radius 2 is 2.24 bits per heavy atom. The van der Waals surface area contributed by atoms with Gasteiger partial charge in [0.1, 0.15) is 5.58 Å². The molecule has 0 spiro atoms. The third-order valence-electron chi connectivity index (χ3n) is 2.47. The van der Waals surface area contributed by atoms with Crippen LogP contribution in [-0.2, 0) is 5.75 Å². The molecule has 0 aliphatic heterocycles. The molecule has 0 fully saturated rings. The van der Waals surface area contributed by atoms with Crippen molar-refractivity contribution in [2.75, 3.05) is 0 Å². The van der Waals surface area contributed by atoms with E-state index in [4.69, 9.17) is 9.52 Å². The van der Waals surface area contributed by atoms with Gasteiger partial charge >= 0.3 is 5.97 Å². The van der Waals surface area contributed by atoms with E-state index in [1.807, 2.05) is 17.8 Å². The molecule has 0 saturated carbocycles. The van der Waals surface area contributed by atoms with Crippen LogP contribution in [0.2, 0.25) is 0 Å². The lowest BCUT2D eigenvalue weighted by Gasteiger charge is -2.02. The molecule has 0 aliphatic carbocycles. The third-order valence-corrected chi connectivity index (χ3v) is 3.62. The molecule has 17 heavy (non-hydrogen) atoms. The zero-order valence-corrected chi connectivity index (χ0v) is 10.6. The number of benzene rings is 1. The molecule has 1 N–H and O–H groups in total. The fraction of sp³-hybridized carbons (Fsp3) is 0.308. The largest absolute Gasteiger partial charge is 0.478 e. The first-order valence-corrected chi connectivity index (χ1v) is 6.48. The van der Waals surface area contributed by atoms with Crippen LogP contribution >= 0.6 is 11.8 Å². The van der Waals surface area contributed by atoms with Gasteiger partial charge in [-0.2, -0.15) is 11.8 Å². The van der Waals surface area contributed by atoms with Crippen molar-refractivity contribution in [1.29, 1.82) is 0 Å². The van der Waals surface area contributed by atoms with Gasteiger partial charge < -0.3 is 9.52 Å². The topological polar surface area (TPSA) is 50.4 Å². The number of rotatable bonds is 4. The molecule has 1 heterocycles. The van der Waals surface area contributed by atoms with E-state index in [-0.39, 0.29) is 5.56 Å². The molecular weight excluding hydrogens is 236 g/mol. The van der Waals surface area contributed by atoms with Crippen LogP contribution < -0.4 is 0 Å². The van der Waals surface area contributed by atoms with Gasteiger partial charge in [-0.3, -0.25) is 0 Å². The van der Waals surface area contributed by atoms with Crippen LogP contribution in [0.1, 0.15) is 29.8 Å². The normalized spacial score (nSPS) is 11.2. The van der Waals surface area contributed by atoms with Gasteiger partial charge in [-0.25, -0.2) is 4.79 Å². The van der Waals surface area contributed by atoms with Crippen LogP contribution in [0.3, 0.4) is 0 Å². The predicted molar refractivity (Wildman–Crippen MR) is 69.6 cm³/mol. The van der Waals surface area contributed by atoms with E-state index in [0.29, 0.717) is 10.8 Å². The van der Waals surface area contributed by atoms with Crippen LogP contribution in [-0.4, -0.2) is 16.3 Å². The van der Waals surface area contributed by atoms with Crippen LogP contribution in [0, 0.1) is 0 Å². The van der Waals surface area contributed by atoms with Crippen molar-refractivity contribution >= 4 is 28.7 Å². The van der Waals surface area contributed by atoms with Gasteiger partial charge in [0.25, 0.3) is 0 Å². The fourth-order valence-corrected chi connectivity index (χ4v) is 2.32. The van der Waals surface area contributed by atoms with E-state index in [1.165, 1.54) is 0 Å². The maximum Gasteiger partial charge on any atom is 0.335 e. The van der Waals surface area contributed by atoms with Gasteiger partial charge in [0.15, 0.2) is 0 Å². The molecule has 0 unspecified atom stereocenters. The number of carboxylic acid groups (broad SMARTS) is 1. The van der Waals surface area contributed by atoms with Gasteiger partial charge in [0.05, 0.1) is 11.8 Å². The zero-order valence-electron chi connectivity index (χ0n) is 9.77. The summed E-state index contributed by atoms with van der Waals surface area (Å²) in [5.74, 6) is -0.0433. The maximum atomic E-state index is 10.8. The molecule has 0 saturated heterocycles. The molecular formula is C13H14O3S. The van der Waals surface area contributed by atoms with Crippen LogP contribution in [0.25, 0.3) is 11.0 Å². The average molecular weight is 250 g/mol. The predicted octanol–water partition coefficient (Wildman–Crippen LogP) is 3.77. The number of thioether (sulfide) groups is 1. The average Bonchev–Trinajstić information content (AvgIpc) is 2.68. The van der Waals surface area contributed by atoms with Crippen molar-refractivity contribution in [3.8, 4) is 0 Å². The third kappa shape index (κ3) is 2.64. The summed E-state index contributed by atoms with van der Waals surface area (Å²) in [5.41, 5.74) is 2.02. The van der Waals surface area contributed by atoms with Gasteiger partial charge in [0, 0.05) is 16.7 Å². The second-order valence-corrected chi connectivity index (χ2v) is 5.70. The SMILES string of the molecule is CC(C)SCc1coc2cc(C(=O)O)ccc12. The Bertz CT molecular complexity index is 543. The summed E-state index contributed by atoms with van der Waals surface area (Å²) < 4.78 is 5.40. The molecule has 2 aromatic rings. The Balaban J connectivity index is 2.31. The van der Waals surface area contributed by atoms with E-state index in [9.17, 15) is 4.79 Å². The monoisotopic (exact) mass is 250 g/mol. The summed E-state index contributed by atoms with van der Waals surface area (Å²) >= 11 is 1.84. The summed E-state index contributed by atoms with van der Waals surface area (Å²) in [4.78, 5) is 10.8. The number of hydrogen-bond acceptors (Lipinski definition) is 3. The summed E-state index contributed by atoms with van der Waals surface area (Å²) in [5, 5.41) is 10.5. The van der Waals surface area contributed by atoms with Crippen LogP contribution in [0.4, 0.5) is 0 Å². The number of carboxylic acids is 1. The minimum absolute atomic E-state index is 0.259. The highest BCUT2D eigenvalue weighted by Crippen LogP contribution is 2.27. The minimum atomic E-state index is -0.929. The Labute approximate surface area is 104 Å². The van der Waals surface area contributed by atoms with Crippen molar-refractivity contribution in [3.63, 3.8) is 0 Å². The standard InChI is InChI=1S/C13H14O3S/c1-8(2)17-7-10-6-16-12-5-9(13(14)15)3-4-11(10)12/h3-6,8H,7H2,1-2H3,(H,14,15). The van der Waals surface area contributed by atoms with Crippen molar-refractivity contribution in [2.24, 2.45) is 0 Å². The van der Waals surface area contributed by atoms with Crippen LogP contribution in [0.15, 0.2) is 28.9 Å². The molecule has 0 radical (unpaired) electrons. The Morgan fingerprint density at radius 1 is 1.47 bits per heavy atom. The number of hydrogen-bond donors (Lipinski definition) is 1. The highest BCUT2D eigenvalue weighted by molar-refractivity contribution is 7.99. The molecule has 90 valence electrons. The second-order valence-electron chi connectivity index (χ2n) is 4.14. The summed E-state index contributed by atoms with van der Waals surface area (Å²) in [6.45, 7) is 4.30. The van der Waals surface area contributed by atoms with E-state index < -0.39 is 5.97 Å². The number of fused-ring (bicyclic) bond motifs is 1. The lowest BCUT2D eigenvalue weighted by atomic mass is 10.1. The first kappa shape index (κ1) is 12.0. The zero-order chi connectivity index (χ0) is 12.4. The fourth-order valence-electron chi connectivity index (χ4n) is 1.58. The molecule has 1 aromatic heterocycles. The van der Waals surface area contributed by atoms with Crippen molar-refractivity contribution < 1.29 is 14.3 Å². The lowest BCUT2D eigenvalue weighted by Crippen LogP contribution is -1.94. The summed E-state index contributed by atoms with van der Waals surface area (Å²) in [7, 11) is 0. The van der Waals surface area contributed by atoms with E-state index in [1.54, 1.807) is 18.4 Å². The molecule has 0 aliphatic rings. The quantitative estimate of drug-likeness (QED) is 0.897. The minimum Gasteiger partial charge on any atom is -0.478 e. The van der Waals surface area contributed by atoms with Crippen molar-refractivity contribution in [3.05, 3.63) is 35.6 Å². The first-order valence-electron chi connectivity index (χ1n) is 5.43. The summed E-state index contributed by atoms with van der Waals surface area (Å²) in [6.07, 6.45) is 1.71. The first-order chi connectivity index (χ1) is 8.08. The number of carbonyl (C=O) groups is 1. The van der Waals surface area contributed by atoms with E-state index >= 15 is 0 Å².